The van der Waals surface area contributed by atoms with Crippen LogP contribution < -0.4 is 5.32 Å². The number of rotatable bonds is 7. The lowest BCUT2D eigenvalue weighted by atomic mass is 10.3. The van der Waals surface area contributed by atoms with Gasteiger partial charge in [0, 0.05) is 24.4 Å². The van der Waals surface area contributed by atoms with Gasteiger partial charge in [-0.25, -0.2) is 8.42 Å². The third-order valence-corrected chi connectivity index (χ3v) is 3.96. The number of sulfonamides is 1. The average molecular weight is 321 g/mol. The highest BCUT2D eigenvalue weighted by Crippen LogP contribution is 2.13. The Morgan fingerprint density at radius 1 is 1.35 bits per heavy atom. The van der Waals surface area contributed by atoms with E-state index in [9.17, 15) is 13.2 Å². The van der Waals surface area contributed by atoms with Crippen molar-refractivity contribution in [2.24, 2.45) is 0 Å². The van der Waals surface area contributed by atoms with Gasteiger partial charge in [0.15, 0.2) is 0 Å². The molecule has 6 nitrogen and oxygen atoms in total. The lowest BCUT2D eigenvalue weighted by molar-refractivity contribution is -0.116. The quantitative estimate of drug-likeness (QED) is 0.818. The van der Waals surface area contributed by atoms with Crippen LogP contribution in [-0.2, 0) is 19.6 Å². The van der Waals surface area contributed by atoms with E-state index in [1.165, 1.54) is 7.11 Å². The minimum Gasteiger partial charge on any atom is -0.383 e. The summed E-state index contributed by atoms with van der Waals surface area (Å²) >= 11 is 5.74. The monoisotopic (exact) mass is 320 g/mol. The van der Waals surface area contributed by atoms with Crippen molar-refractivity contribution in [1.29, 1.82) is 0 Å². The molecule has 0 saturated carbocycles. The maximum atomic E-state index is 11.8. The summed E-state index contributed by atoms with van der Waals surface area (Å²) in [5.41, 5.74) is 0.555. The Kier molecular flexibility index (Phi) is 6.41. The summed E-state index contributed by atoms with van der Waals surface area (Å²) in [6, 6.07) is 6.55. The van der Waals surface area contributed by atoms with E-state index < -0.39 is 15.9 Å². The van der Waals surface area contributed by atoms with Crippen LogP contribution in [0, 0.1) is 0 Å². The van der Waals surface area contributed by atoms with E-state index in [1.54, 1.807) is 24.3 Å². The van der Waals surface area contributed by atoms with Gasteiger partial charge in [0.2, 0.25) is 15.9 Å². The number of ether oxygens (including phenoxy) is 1. The summed E-state index contributed by atoms with van der Waals surface area (Å²) < 4.78 is 29.0. The van der Waals surface area contributed by atoms with Crippen molar-refractivity contribution < 1.29 is 17.9 Å². The smallest absolute Gasteiger partial charge is 0.239 e. The lowest BCUT2D eigenvalue weighted by Gasteiger charge is -2.18. The van der Waals surface area contributed by atoms with Crippen LogP contribution >= 0.6 is 11.6 Å². The van der Waals surface area contributed by atoms with Crippen molar-refractivity contribution in [3.63, 3.8) is 0 Å². The molecule has 0 bridgehead atoms. The second-order valence-electron chi connectivity index (χ2n) is 4.14. The van der Waals surface area contributed by atoms with Crippen LogP contribution in [0.4, 0.5) is 5.69 Å². The first-order chi connectivity index (χ1) is 9.32. The highest BCUT2D eigenvalue weighted by molar-refractivity contribution is 7.88. The van der Waals surface area contributed by atoms with Gasteiger partial charge in [-0.1, -0.05) is 11.6 Å². The molecule has 0 radical (unpaired) electrons. The summed E-state index contributed by atoms with van der Waals surface area (Å²) in [6.45, 7) is 0.0927. The molecule has 1 aromatic carbocycles. The number of methoxy groups -OCH3 is 1. The largest absolute Gasteiger partial charge is 0.383 e. The van der Waals surface area contributed by atoms with Crippen LogP contribution in [-0.4, -0.2) is 51.7 Å². The van der Waals surface area contributed by atoms with Gasteiger partial charge in [-0.3, -0.25) is 4.79 Å². The van der Waals surface area contributed by atoms with Crippen molar-refractivity contribution in [2.45, 2.75) is 0 Å². The van der Waals surface area contributed by atoms with Crippen LogP contribution in [0.1, 0.15) is 0 Å². The molecule has 0 aliphatic rings. The van der Waals surface area contributed by atoms with E-state index in [2.05, 4.69) is 5.32 Å². The van der Waals surface area contributed by atoms with Crippen LogP contribution in [0.5, 0.6) is 0 Å². The maximum absolute atomic E-state index is 11.8. The Morgan fingerprint density at radius 3 is 2.45 bits per heavy atom. The van der Waals surface area contributed by atoms with Gasteiger partial charge >= 0.3 is 0 Å². The van der Waals surface area contributed by atoms with E-state index in [1.807, 2.05) is 0 Å². The average Bonchev–Trinajstić information content (AvgIpc) is 2.36. The van der Waals surface area contributed by atoms with Gasteiger partial charge in [0.25, 0.3) is 0 Å². The van der Waals surface area contributed by atoms with Crippen molar-refractivity contribution in [3.8, 4) is 0 Å². The summed E-state index contributed by atoms with van der Waals surface area (Å²) in [4.78, 5) is 11.8. The van der Waals surface area contributed by atoms with E-state index in [0.717, 1.165) is 10.6 Å². The molecule has 0 aromatic heterocycles. The number of carbonyl (C=O) groups is 1. The molecule has 1 aromatic rings. The topological polar surface area (TPSA) is 75.7 Å². The normalized spacial score (nSPS) is 11.6. The number of hydrogen-bond acceptors (Lipinski definition) is 4. The molecule has 0 spiro atoms. The first kappa shape index (κ1) is 16.9. The molecule has 0 aliphatic heterocycles. The first-order valence-electron chi connectivity index (χ1n) is 5.82. The predicted molar refractivity (Wildman–Crippen MR) is 78.4 cm³/mol. The van der Waals surface area contributed by atoms with E-state index in [0.29, 0.717) is 10.7 Å². The molecule has 1 rings (SSSR count). The van der Waals surface area contributed by atoms with Gasteiger partial charge in [0.1, 0.15) is 0 Å². The van der Waals surface area contributed by atoms with Crippen molar-refractivity contribution in [2.75, 3.05) is 38.4 Å². The van der Waals surface area contributed by atoms with Gasteiger partial charge < -0.3 is 10.1 Å². The fraction of sp³-hybridized carbons (Fsp3) is 0.417. The highest BCUT2D eigenvalue weighted by atomic mass is 35.5. The van der Waals surface area contributed by atoms with Gasteiger partial charge in [-0.2, -0.15) is 4.31 Å². The Morgan fingerprint density at radius 2 is 1.95 bits per heavy atom. The molecule has 0 atom stereocenters. The minimum atomic E-state index is -3.46. The molecule has 1 amide bonds. The fourth-order valence-corrected chi connectivity index (χ4v) is 2.33. The number of halogens is 1. The van der Waals surface area contributed by atoms with Gasteiger partial charge in [-0.05, 0) is 24.3 Å². The third-order valence-electron chi connectivity index (χ3n) is 2.46. The molecule has 1 N–H and O–H groups in total. The molecule has 0 heterocycles. The Balaban J connectivity index is 2.64. The first-order valence-corrected chi connectivity index (χ1v) is 8.05. The number of carbonyl (C=O) groups excluding carboxylic acids is 1. The number of anilines is 1. The van der Waals surface area contributed by atoms with Crippen LogP contribution in [0.25, 0.3) is 0 Å². The van der Waals surface area contributed by atoms with Gasteiger partial charge in [0.05, 0.1) is 19.4 Å². The van der Waals surface area contributed by atoms with E-state index in [-0.39, 0.29) is 19.7 Å². The Hall–Kier alpha value is -1.15. The summed E-state index contributed by atoms with van der Waals surface area (Å²) in [5, 5.41) is 3.16. The van der Waals surface area contributed by atoms with Crippen molar-refractivity contribution in [3.05, 3.63) is 29.3 Å². The van der Waals surface area contributed by atoms with E-state index >= 15 is 0 Å². The zero-order valence-electron chi connectivity index (χ0n) is 11.3. The van der Waals surface area contributed by atoms with E-state index in [4.69, 9.17) is 16.3 Å². The molecular weight excluding hydrogens is 304 g/mol. The third kappa shape index (κ3) is 5.87. The molecule has 112 valence electrons. The summed E-state index contributed by atoms with van der Waals surface area (Å²) in [6.07, 6.45) is 1.05. The molecule has 0 fully saturated rings. The van der Waals surface area contributed by atoms with Crippen molar-refractivity contribution >= 4 is 33.2 Å². The van der Waals surface area contributed by atoms with Gasteiger partial charge in [-0.15, -0.1) is 0 Å². The lowest BCUT2D eigenvalue weighted by Crippen LogP contribution is -2.39. The number of nitrogens with zero attached hydrogens (tertiary/aromatic N) is 1. The molecule has 8 heteroatoms. The van der Waals surface area contributed by atoms with Crippen LogP contribution in [0.3, 0.4) is 0 Å². The fourth-order valence-electron chi connectivity index (χ4n) is 1.45. The predicted octanol–water partition coefficient (Wildman–Crippen LogP) is 1.19. The molecule has 0 aliphatic carbocycles. The Labute approximate surface area is 123 Å². The molecule has 20 heavy (non-hydrogen) atoms. The highest BCUT2D eigenvalue weighted by Gasteiger charge is 2.19. The Bertz CT molecular complexity index is 545. The second kappa shape index (κ2) is 7.58. The SMILES string of the molecule is COCCN(CC(=O)Nc1ccc(Cl)cc1)S(C)(=O)=O. The molecule has 0 unspecified atom stereocenters. The minimum absolute atomic E-state index is 0.128. The summed E-state index contributed by atoms with van der Waals surface area (Å²) in [5.74, 6) is -0.422. The van der Waals surface area contributed by atoms with Crippen molar-refractivity contribution in [1.82, 2.24) is 4.31 Å². The number of nitrogens with one attached hydrogen (secondary N) is 1. The number of amides is 1. The zero-order valence-corrected chi connectivity index (χ0v) is 12.9. The molecular formula is C12H17ClN2O4S. The number of benzene rings is 1. The standard InChI is InChI=1S/C12H17ClN2O4S/c1-19-8-7-15(20(2,17)18)9-12(16)14-11-5-3-10(13)4-6-11/h3-6H,7-9H2,1-2H3,(H,14,16). The number of hydrogen-bond donors (Lipinski definition) is 1. The second-order valence-corrected chi connectivity index (χ2v) is 6.56. The zero-order chi connectivity index (χ0) is 15.2. The maximum Gasteiger partial charge on any atom is 0.239 e. The van der Waals surface area contributed by atoms with Crippen LogP contribution in [0.2, 0.25) is 5.02 Å². The summed E-state index contributed by atoms with van der Waals surface area (Å²) in [7, 11) is -1.99. The van der Waals surface area contributed by atoms with Crippen LogP contribution in [0.15, 0.2) is 24.3 Å². The molecule has 0 saturated heterocycles.